The van der Waals surface area contributed by atoms with Gasteiger partial charge in [0, 0.05) is 5.54 Å². The molecule has 13 heavy (non-hydrogen) atoms. The molecular weight excluding hydrogens is 160 g/mol. The first-order valence-electron chi connectivity index (χ1n) is 5.56. The van der Waals surface area contributed by atoms with Gasteiger partial charge in [0.1, 0.15) is 0 Å². The van der Waals surface area contributed by atoms with Crippen molar-refractivity contribution < 1.29 is 0 Å². The molecule has 0 radical (unpaired) electrons. The molecule has 0 spiro atoms. The molecule has 78 valence electrons. The normalized spacial score (nSPS) is 22.4. The molecule has 0 atom stereocenters. The summed E-state index contributed by atoms with van der Waals surface area (Å²) in [5.41, 5.74) is 0.472. The highest BCUT2D eigenvalue weighted by molar-refractivity contribution is 4.87. The molecule has 1 heterocycles. The molecule has 0 aliphatic carbocycles. The van der Waals surface area contributed by atoms with Crippen LogP contribution >= 0.6 is 0 Å². The van der Waals surface area contributed by atoms with E-state index in [9.17, 15) is 0 Å². The fourth-order valence-corrected chi connectivity index (χ4v) is 2.18. The zero-order valence-electron chi connectivity index (χ0n) is 9.40. The standard InChI is InChI=1S/C11H24N2/c1-11(2)7-6-10-13(11)9-5-4-8-12-3/h12H,4-10H2,1-3H3. The minimum atomic E-state index is 0.472. The number of hydrogen-bond donors (Lipinski definition) is 1. The van der Waals surface area contributed by atoms with E-state index < -0.39 is 0 Å². The molecule has 2 nitrogen and oxygen atoms in total. The van der Waals surface area contributed by atoms with Crippen molar-refractivity contribution >= 4 is 0 Å². The van der Waals surface area contributed by atoms with Crippen LogP contribution in [0.3, 0.4) is 0 Å². The molecule has 0 bridgehead atoms. The predicted molar refractivity (Wildman–Crippen MR) is 58.0 cm³/mol. The Morgan fingerprint density at radius 2 is 2.08 bits per heavy atom. The van der Waals surface area contributed by atoms with E-state index in [4.69, 9.17) is 0 Å². The average Bonchev–Trinajstić information content (AvgIpc) is 2.40. The molecule has 1 rings (SSSR count). The summed E-state index contributed by atoms with van der Waals surface area (Å²) >= 11 is 0. The molecule has 2 heteroatoms. The van der Waals surface area contributed by atoms with Crippen LogP contribution in [0.1, 0.15) is 39.5 Å². The summed E-state index contributed by atoms with van der Waals surface area (Å²) in [6, 6.07) is 0. The van der Waals surface area contributed by atoms with E-state index in [1.54, 1.807) is 0 Å². The van der Waals surface area contributed by atoms with Crippen molar-refractivity contribution in [1.29, 1.82) is 0 Å². The first-order valence-corrected chi connectivity index (χ1v) is 5.56. The third kappa shape index (κ3) is 3.28. The van der Waals surface area contributed by atoms with Crippen LogP contribution in [-0.2, 0) is 0 Å². The van der Waals surface area contributed by atoms with Gasteiger partial charge in [-0.15, -0.1) is 0 Å². The number of nitrogens with one attached hydrogen (secondary N) is 1. The lowest BCUT2D eigenvalue weighted by Crippen LogP contribution is -2.38. The monoisotopic (exact) mass is 184 g/mol. The van der Waals surface area contributed by atoms with Crippen molar-refractivity contribution in [2.24, 2.45) is 0 Å². The van der Waals surface area contributed by atoms with Crippen LogP contribution in [-0.4, -0.2) is 37.1 Å². The second kappa shape index (κ2) is 4.97. The van der Waals surface area contributed by atoms with E-state index in [1.165, 1.54) is 38.8 Å². The summed E-state index contributed by atoms with van der Waals surface area (Å²) < 4.78 is 0. The van der Waals surface area contributed by atoms with Gasteiger partial charge in [-0.1, -0.05) is 0 Å². The second-order valence-corrected chi connectivity index (χ2v) is 4.71. The Morgan fingerprint density at radius 3 is 2.62 bits per heavy atom. The summed E-state index contributed by atoms with van der Waals surface area (Å²) in [5.74, 6) is 0. The second-order valence-electron chi connectivity index (χ2n) is 4.71. The summed E-state index contributed by atoms with van der Waals surface area (Å²) in [7, 11) is 2.03. The molecule has 0 aromatic rings. The van der Waals surface area contributed by atoms with Crippen LogP contribution < -0.4 is 5.32 Å². The van der Waals surface area contributed by atoms with E-state index in [-0.39, 0.29) is 0 Å². The predicted octanol–water partition coefficient (Wildman–Crippen LogP) is 1.86. The quantitative estimate of drug-likeness (QED) is 0.656. The number of nitrogens with zero attached hydrogens (tertiary/aromatic N) is 1. The van der Waals surface area contributed by atoms with Crippen molar-refractivity contribution in [3.8, 4) is 0 Å². The summed E-state index contributed by atoms with van der Waals surface area (Å²) in [6.45, 7) is 8.51. The van der Waals surface area contributed by atoms with Crippen molar-refractivity contribution in [3.63, 3.8) is 0 Å². The Kier molecular flexibility index (Phi) is 4.20. The molecule has 0 unspecified atom stereocenters. The van der Waals surface area contributed by atoms with Gasteiger partial charge in [-0.2, -0.15) is 0 Å². The van der Waals surface area contributed by atoms with Gasteiger partial charge in [-0.05, 0) is 66.2 Å². The van der Waals surface area contributed by atoms with Gasteiger partial charge < -0.3 is 5.32 Å². The van der Waals surface area contributed by atoms with Crippen LogP contribution in [0.25, 0.3) is 0 Å². The van der Waals surface area contributed by atoms with Crippen LogP contribution in [0.5, 0.6) is 0 Å². The number of rotatable bonds is 5. The van der Waals surface area contributed by atoms with Crippen molar-refractivity contribution in [2.75, 3.05) is 26.7 Å². The minimum absolute atomic E-state index is 0.472. The highest BCUT2D eigenvalue weighted by Crippen LogP contribution is 2.27. The van der Waals surface area contributed by atoms with Crippen LogP contribution in [0, 0.1) is 0 Å². The molecule has 1 aliphatic heterocycles. The molecule has 1 fully saturated rings. The molecule has 0 saturated carbocycles. The van der Waals surface area contributed by atoms with Gasteiger partial charge in [0.05, 0.1) is 0 Å². The molecule has 0 aromatic carbocycles. The Labute approximate surface area is 82.7 Å². The fraction of sp³-hybridized carbons (Fsp3) is 1.00. The highest BCUT2D eigenvalue weighted by atomic mass is 15.2. The lowest BCUT2D eigenvalue weighted by atomic mass is 10.0. The maximum Gasteiger partial charge on any atom is 0.0153 e. The maximum absolute atomic E-state index is 3.20. The van der Waals surface area contributed by atoms with E-state index in [2.05, 4.69) is 24.1 Å². The Hall–Kier alpha value is -0.0800. The molecular formula is C11H24N2. The van der Waals surface area contributed by atoms with E-state index in [0.717, 1.165) is 6.54 Å². The third-order valence-electron chi connectivity index (χ3n) is 3.18. The Bertz CT molecular complexity index is 143. The number of likely N-dealkylation sites (tertiary alicyclic amines) is 1. The SMILES string of the molecule is CNCCCCN1CCCC1(C)C. The number of hydrogen-bond acceptors (Lipinski definition) is 2. The first kappa shape index (κ1) is 11.0. The largest absolute Gasteiger partial charge is 0.320 e. The van der Waals surface area contributed by atoms with Crippen molar-refractivity contribution in [3.05, 3.63) is 0 Å². The Balaban J connectivity index is 2.14. The maximum atomic E-state index is 3.20. The summed E-state index contributed by atoms with van der Waals surface area (Å²) in [5, 5.41) is 3.20. The van der Waals surface area contributed by atoms with Gasteiger partial charge in [0.25, 0.3) is 0 Å². The van der Waals surface area contributed by atoms with Gasteiger partial charge >= 0.3 is 0 Å². The third-order valence-corrected chi connectivity index (χ3v) is 3.18. The van der Waals surface area contributed by atoms with Gasteiger partial charge in [0.15, 0.2) is 0 Å². The molecule has 1 N–H and O–H groups in total. The zero-order chi connectivity index (χ0) is 9.73. The fourth-order valence-electron chi connectivity index (χ4n) is 2.18. The topological polar surface area (TPSA) is 15.3 Å². The molecule has 0 amide bonds. The minimum Gasteiger partial charge on any atom is -0.320 e. The van der Waals surface area contributed by atoms with E-state index in [1.807, 2.05) is 7.05 Å². The summed E-state index contributed by atoms with van der Waals surface area (Å²) in [6.07, 6.45) is 5.41. The number of unbranched alkanes of at least 4 members (excludes halogenated alkanes) is 1. The van der Waals surface area contributed by atoms with Crippen molar-refractivity contribution in [2.45, 2.75) is 45.1 Å². The Morgan fingerprint density at radius 1 is 1.31 bits per heavy atom. The highest BCUT2D eigenvalue weighted by Gasteiger charge is 2.30. The van der Waals surface area contributed by atoms with Gasteiger partial charge in [-0.25, -0.2) is 0 Å². The van der Waals surface area contributed by atoms with Crippen LogP contribution in [0.2, 0.25) is 0 Å². The zero-order valence-corrected chi connectivity index (χ0v) is 9.40. The average molecular weight is 184 g/mol. The molecule has 0 aromatic heterocycles. The lowest BCUT2D eigenvalue weighted by Gasteiger charge is -2.31. The van der Waals surface area contributed by atoms with Gasteiger partial charge in [-0.3, -0.25) is 4.90 Å². The van der Waals surface area contributed by atoms with Crippen LogP contribution in [0.15, 0.2) is 0 Å². The smallest absolute Gasteiger partial charge is 0.0153 e. The molecule has 1 saturated heterocycles. The lowest BCUT2D eigenvalue weighted by molar-refractivity contribution is 0.172. The van der Waals surface area contributed by atoms with Crippen molar-refractivity contribution in [1.82, 2.24) is 10.2 Å². The van der Waals surface area contributed by atoms with Gasteiger partial charge in [0.2, 0.25) is 0 Å². The molecule has 1 aliphatic rings. The van der Waals surface area contributed by atoms with Crippen LogP contribution in [0.4, 0.5) is 0 Å². The van der Waals surface area contributed by atoms with E-state index in [0.29, 0.717) is 5.54 Å². The first-order chi connectivity index (χ1) is 6.17. The summed E-state index contributed by atoms with van der Waals surface area (Å²) in [4.78, 5) is 2.64. The van der Waals surface area contributed by atoms with E-state index >= 15 is 0 Å².